The molecule has 7 rings (SSSR count). The van der Waals surface area contributed by atoms with Crippen molar-refractivity contribution in [3.63, 3.8) is 0 Å². The van der Waals surface area contributed by atoms with Crippen molar-refractivity contribution in [2.45, 2.75) is 25.7 Å². The second-order valence-electron chi connectivity index (χ2n) is 12.0. The molecule has 0 spiro atoms. The fourth-order valence-corrected chi connectivity index (χ4v) is 6.11. The van der Waals surface area contributed by atoms with E-state index in [1.54, 1.807) is 61.5 Å². The van der Waals surface area contributed by atoms with Crippen LogP contribution in [0.5, 0.6) is 28.7 Å². The number of halogens is 1. The maximum absolute atomic E-state index is 15.4. The number of methoxy groups -OCH3 is 2. The van der Waals surface area contributed by atoms with Gasteiger partial charge < -0.3 is 29.2 Å². The zero-order chi connectivity index (χ0) is 34.5. The van der Waals surface area contributed by atoms with Gasteiger partial charge in [0.15, 0.2) is 28.7 Å². The Morgan fingerprint density at radius 3 is 2.48 bits per heavy atom. The first kappa shape index (κ1) is 32.8. The molecular weight excluding hydrogens is 639 g/mol. The van der Waals surface area contributed by atoms with Crippen molar-refractivity contribution < 1.29 is 28.1 Å². The number of benzene rings is 3. The molecule has 1 saturated heterocycles. The van der Waals surface area contributed by atoms with Crippen molar-refractivity contribution in [1.82, 2.24) is 24.5 Å². The SMILES string of the molecule is COc1ccc(-c2cc(C(=O)Nc3ccc(Oc4ccnc5cc(OCCCN6CCCCC6)c(OC)cc45)c(F)c3)nc3ccnn23)cc1. The quantitative estimate of drug-likeness (QED) is 0.133. The molecule has 1 fully saturated rings. The number of anilines is 1. The lowest BCUT2D eigenvalue weighted by molar-refractivity contribution is 0.102. The van der Waals surface area contributed by atoms with Gasteiger partial charge in [0.1, 0.15) is 17.2 Å². The van der Waals surface area contributed by atoms with Gasteiger partial charge in [-0.25, -0.2) is 13.9 Å². The number of rotatable bonds is 12. The lowest BCUT2D eigenvalue weighted by Crippen LogP contribution is -2.31. The number of hydrogen-bond acceptors (Lipinski definition) is 9. The van der Waals surface area contributed by atoms with Crippen molar-refractivity contribution in [3.05, 3.63) is 96.7 Å². The summed E-state index contributed by atoms with van der Waals surface area (Å²) in [5.74, 6) is 1.03. The van der Waals surface area contributed by atoms with Crippen LogP contribution < -0.4 is 24.3 Å². The van der Waals surface area contributed by atoms with Crippen LogP contribution in [0.1, 0.15) is 36.2 Å². The van der Waals surface area contributed by atoms with Crippen LogP contribution in [0, 0.1) is 5.82 Å². The van der Waals surface area contributed by atoms with E-state index in [1.807, 2.05) is 30.3 Å². The molecule has 0 atom stereocenters. The third kappa shape index (κ3) is 7.15. The van der Waals surface area contributed by atoms with Gasteiger partial charge in [-0.05, 0) is 86.9 Å². The largest absolute Gasteiger partial charge is 0.497 e. The number of fused-ring (bicyclic) bond motifs is 2. The second kappa shape index (κ2) is 14.8. The molecule has 11 nitrogen and oxygen atoms in total. The normalized spacial score (nSPS) is 13.3. The molecule has 3 aromatic carbocycles. The highest BCUT2D eigenvalue weighted by molar-refractivity contribution is 6.03. The van der Waals surface area contributed by atoms with Crippen LogP contribution in [0.25, 0.3) is 27.8 Å². The fourth-order valence-electron chi connectivity index (χ4n) is 6.11. The molecule has 0 radical (unpaired) electrons. The van der Waals surface area contributed by atoms with Crippen molar-refractivity contribution >= 4 is 28.1 Å². The molecule has 256 valence electrons. The minimum absolute atomic E-state index is 0.0203. The Morgan fingerprint density at radius 2 is 1.70 bits per heavy atom. The number of nitrogens with zero attached hydrogens (tertiary/aromatic N) is 5. The molecule has 6 aromatic rings. The first-order chi connectivity index (χ1) is 24.5. The number of carbonyl (C=O) groups is 1. The van der Waals surface area contributed by atoms with Crippen molar-refractivity contribution in [2.75, 3.05) is 45.8 Å². The minimum Gasteiger partial charge on any atom is -0.497 e. The summed E-state index contributed by atoms with van der Waals surface area (Å²) in [6.45, 7) is 3.86. The maximum atomic E-state index is 15.4. The van der Waals surface area contributed by atoms with Crippen LogP contribution in [-0.2, 0) is 0 Å². The van der Waals surface area contributed by atoms with Gasteiger partial charge in [-0.15, -0.1) is 0 Å². The van der Waals surface area contributed by atoms with E-state index in [0.29, 0.717) is 51.8 Å². The number of ether oxygens (including phenoxy) is 4. The molecule has 0 saturated carbocycles. The van der Waals surface area contributed by atoms with Crippen LogP contribution in [0.4, 0.5) is 10.1 Å². The standard InChI is InChI=1S/C38H37FN6O5/c1-47-27-10-7-25(8-11-27)32-23-31(43-37-14-16-41-45(32)37)38(46)42-26-9-12-34(29(39)21-26)50-33-13-15-40-30-24-36(35(48-2)22-28(30)33)49-20-6-19-44-17-4-3-5-18-44/h7-16,21-24H,3-6,17-20H2,1-2H3,(H,42,46). The number of likely N-dealkylation sites (tertiary alicyclic amines) is 1. The van der Waals surface area contributed by atoms with E-state index < -0.39 is 11.7 Å². The van der Waals surface area contributed by atoms with Crippen LogP contribution in [0.15, 0.2) is 85.2 Å². The van der Waals surface area contributed by atoms with Crippen molar-refractivity contribution in [2.24, 2.45) is 0 Å². The number of pyridine rings is 1. The number of piperidine rings is 1. The van der Waals surface area contributed by atoms with E-state index in [1.165, 1.54) is 31.4 Å². The van der Waals surface area contributed by atoms with Gasteiger partial charge in [0.25, 0.3) is 5.91 Å². The smallest absolute Gasteiger partial charge is 0.274 e. The van der Waals surface area contributed by atoms with Crippen LogP contribution in [0.3, 0.4) is 0 Å². The first-order valence-corrected chi connectivity index (χ1v) is 16.6. The maximum Gasteiger partial charge on any atom is 0.274 e. The van der Waals surface area contributed by atoms with E-state index >= 15 is 4.39 Å². The lowest BCUT2D eigenvalue weighted by atomic mass is 10.1. The lowest BCUT2D eigenvalue weighted by Gasteiger charge is -2.26. The van der Waals surface area contributed by atoms with Gasteiger partial charge in [0, 0.05) is 47.6 Å². The highest BCUT2D eigenvalue weighted by atomic mass is 19.1. The minimum atomic E-state index is -0.661. The molecule has 0 bridgehead atoms. The summed E-state index contributed by atoms with van der Waals surface area (Å²) in [6.07, 6.45) is 7.95. The average Bonchev–Trinajstić information content (AvgIpc) is 3.63. The number of amides is 1. The summed E-state index contributed by atoms with van der Waals surface area (Å²) in [5, 5.41) is 7.73. The summed E-state index contributed by atoms with van der Waals surface area (Å²) >= 11 is 0. The summed E-state index contributed by atoms with van der Waals surface area (Å²) in [5.41, 5.74) is 2.98. The second-order valence-corrected chi connectivity index (χ2v) is 12.0. The molecule has 1 aliphatic heterocycles. The highest BCUT2D eigenvalue weighted by Gasteiger charge is 2.18. The summed E-state index contributed by atoms with van der Waals surface area (Å²) in [4.78, 5) is 24.8. The Labute approximate surface area is 288 Å². The Bertz CT molecular complexity index is 2130. The topological polar surface area (TPSA) is 112 Å². The monoisotopic (exact) mass is 676 g/mol. The molecule has 1 N–H and O–H groups in total. The third-order valence-electron chi connectivity index (χ3n) is 8.70. The Hall–Kier alpha value is -5.75. The van der Waals surface area contributed by atoms with E-state index in [2.05, 4.69) is 25.3 Å². The zero-order valence-electron chi connectivity index (χ0n) is 27.9. The number of hydrogen-bond donors (Lipinski definition) is 1. The molecular formula is C38H37FN6O5. The Kier molecular flexibility index (Phi) is 9.70. The third-order valence-corrected chi connectivity index (χ3v) is 8.70. The molecule has 4 heterocycles. The van der Waals surface area contributed by atoms with Gasteiger partial charge in [-0.3, -0.25) is 9.78 Å². The van der Waals surface area contributed by atoms with Crippen LogP contribution in [-0.4, -0.2) is 70.8 Å². The van der Waals surface area contributed by atoms with E-state index in [9.17, 15) is 4.79 Å². The number of nitrogens with one attached hydrogen (secondary N) is 1. The molecule has 50 heavy (non-hydrogen) atoms. The van der Waals surface area contributed by atoms with E-state index in [-0.39, 0.29) is 17.1 Å². The van der Waals surface area contributed by atoms with Crippen LogP contribution >= 0.6 is 0 Å². The van der Waals surface area contributed by atoms with Gasteiger partial charge in [-0.2, -0.15) is 5.10 Å². The predicted octanol–water partition coefficient (Wildman–Crippen LogP) is 7.40. The molecule has 1 aliphatic rings. The molecule has 12 heteroatoms. The number of carbonyl (C=O) groups excluding carboxylic acids is 1. The van der Waals surface area contributed by atoms with Crippen molar-refractivity contribution in [3.8, 4) is 40.0 Å². The fraction of sp³-hybridized carbons (Fsp3) is 0.263. The summed E-state index contributed by atoms with van der Waals surface area (Å²) in [6, 6.07) is 20.2. The summed E-state index contributed by atoms with van der Waals surface area (Å²) < 4.78 is 40.1. The Balaban J connectivity index is 1.05. The Morgan fingerprint density at radius 1 is 0.860 bits per heavy atom. The summed E-state index contributed by atoms with van der Waals surface area (Å²) in [7, 11) is 3.17. The van der Waals surface area contributed by atoms with Crippen LogP contribution in [0.2, 0.25) is 0 Å². The van der Waals surface area contributed by atoms with Crippen molar-refractivity contribution in [1.29, 1.82) is 0 Å². The first-order valence-electron chi connectivity index (χ1n) is 16.6. The van der Waals surface area contributed by atoms with Gasteiger partial charge in [0.05, 0.1) is 38.2 Å². The molecule has 3 aromatic heterocycles. The highest BCUT2D eigenvalue weighted by Crippen LogP contribution is 2.38. The van der Waals surface area contributed by atoms with E-state index in [0.717, 1.165) is 31.6 Å². The average molecular weight is 677 g/mol. The molecule has 0 unspecified atom stereocenters. The molecule has 1 amide bonds. The molecule has 0 aliphatic carbocycles. The van der Waals surface area contributed by atoms with E-state index in [4.69, 9.17) is 18.9 Å². The number of aromatic nitrogens is 4. The predicted molar refractivity (Wildman–Crippen MR) is 188 cm³/mol. The van der Waals surface area contributed by atoms with Gasteiger partial charge >= 0.3 is 0 Å². The van der Waals surface area contributed by atoms with Gasteiger partial charge in [0.2, 0.25) is 0 Å². The zero-order valence-corrected chi connectivity index (χ0v) is 27.9. The van der Waals surface area contributed by atoms with Gasteiger partial charge in [-0.1, -0.05) is 6.42 Å².